The van der Waals surface area contributed by atoms with Gasteiger partial charge in [-0.15, -0.1) is 0 Å². The summed E-state index contributed by atoms with van der Waals surface area (Å²) in [5, 5.41) is 12.1. The molecule has 1 saturated carbocycles. The normalized spacial score (nSPS) is 18.9. The first-order valence-corrected chi connectivity index (χ1v) is 10.1. The monoisotopic (exact) mass is 391 g/mol. The van der Waals surface area contributed by atoms with Gasteiger partial charge in [-0.3, -0.25) is 9.69 Å². The predicted molar refractivity (Wildman–Crippen MR) is 105 cm³/mol. The Morgan fingerprint density at radius 2 is 1.89 bits per heavy atom. The summed E-state index contributed by atoms with van der Waals surface area (Å²) in [5.41, 5.74) is 1.21. The zero-order valence-corrected chi connectivity index (χ0v) is 16.5. The van der Waals surface area contributed by atoms with Crippen molar-refractivity contribution in [2.24, 2.45) is 5.41 Å². The van der Waals surface area contributed by atoms with E-state index in [4.69, 9.17) is 5.11 Å². The van der Waals surface area contributed by atoms with Crippen LogP contribution in [0.15, 0.2) is 24.3 Å². The lowest BCUT2D eigenvalue weighted by Crippen LogP contribution is -2.51. The summed E-state index contributed by atoms with van der Waals surface area (Å²) in [7, 11) is 0. The van der Waals surface area contributed by atoms with Gasteiger partial charge in [0.1, 0.15) is 5.82 Å². The number of urea groups is 1. The van der Waals surface area contributed by atoms with Crippen LogP contribution in [-0.4, -0.2) is 65.7 Å². The molecule has 0 radical (unpaired) electrons. The third kappa shape index (κ3) is 5.44. The zero-order chi connectivity index (χ0) is 20.1. The van der Waals surface area contributed by atoms with E-state index in [9.17, 15) is 14.0 Å². The van der Waals surface area contributed by atoms with E-state index in [1.807, 2.05) is 28.9 Å². The van der Waals surface area contributed by atoms with Crippen LogP contribution in [0.25, 0.3) is 0 Å². The number of piperidine rings is 1. The minimum atomic E-state index is -0.807. The Morgan fingerprint density at radius 3 is 2.43 bits per heavy atom. The number of rotatable bonds is 8. The molecule has 1 aliphatic carbocycles. The standard InChI is InChI=1S/C21H30FN3O3/c1-2-24(14-19(26)27)18-7-11-25(12-8-18)20(28)23-15-21(9-10-21)13-16-3-5-17(22)6-4-16/h3-6,18H,2,7-15H2,1H3,(H,23,28)(H,26,27). The highest BCUT2D eigenvalue weighted by Gasteiger charge is 2.43. The van der Waals surface area contributed by atoms with Crippen molar-refractivity contribution in [1.29, 1.82) is 0 Å². The number of amides is 2. The molecular formula is C21H30FN3O3. The molecule has 0 aromatic heterocycles. The number of hydrogen-bond acceptors (Lipinski definition) is 3. The molecule has 2 amide bonds. The summed E-state index contributed by atoms with van der Waals surface area (Å²) in [6.07, 6.45) is 4.61. The molecule has 0 unspecified atom stereocenters. The van der Waals surface area contributed by atoms with E-state index in [0.29, 0.717) is 26.2 Å². The fraction of sp³-hybridized carbons (Fsp3) is 0.619. The molecule has 0 spiro atoms. The minimum absolute atomic E-state index is 0.0369. The molecule has 0 atom stereocenters. The Morgan fingerprint density at radius 1 is 1.25 bits per heavy atom. The number of carboxylic acids is 1. The van der Waals surface area contributed by atoms with Crippen LogP contribution < -0.4 is 5.32 Å². The lowest BCUT2D eigenvalue weighted by Gasteiger charge is -2.37. The lowest BCUT2D eigenvalue weighted by molar-refractivity contribution is -0.139. The number of likely N-dealkylation sites (N-methyl/N-ethyl adjacent to an activating group) is 1. The van der Waals surface area contributed by atoms with Crippen LogP contribution in [0.4, 0.5) is 9.18 Å². The van der Waals surface area contributed by atoms with Gasteiger partial charge in [-0.05, 0) is 61.8 Å². The van der Waals surface area contributed by atoms with E-state index in [2.05, 4.69) is 5.32 Å². The molecular weight excluding hydrogens is 361 g/mol. The number of carbonyl (C=O) groups is 2. The van der Waals surface area contributed by atoms with E-state index in [-0.39, 0.29) is 29.8 Å². The number of carboxylic acid groups (broad SMARTS) is 1. The molecule has 154 valence electrons. The van der Waals surface area contributed by atoms with Crippen molar-refractivity contribution < 1.29 is 19.1 Å². The second-order valence-electron chi connectivity index (χ2n) is 8.14. The summed E-state index contributed by atoms with van der Waals surface area (Å²) < 4.78 is 13.1. The van der Waals surface area contributed by atoms with Crippen LogP contribution in [-0.2, 0) is 11.2 Å². The third-order valence-corrected chi connectivity index (χ3v) is 6.08. The molecule has 3 rings (SSSR count). The number of halogens is 1. The summed E-state index contributed by atoms with van der Waals surface area (Å²) in [4.78, 5) is 27.3. The van der Waals surface area contributed by atoms with E-state index in [0.717, 1.165) is 37.7 Å². The average molecular weight is 391 g/mol. The Balaban J connectivity index is 1.43. The van der Waals surface area contributed by atoms with Gasteiger partial charge in [0.15, 0.2) is 0 Å². The van der Waals surface area contributed by atoms with Crippen LogP contribution in [0.3, 0.4) is 0 Å². The molecule has 2 N–H and O–H groups in total. The first-order valence-electron chi connectivity index (χ1n) is 10.1. The second-order valence-corrected chi connectivity index (χ2v) is 8.14. The molecule has 0 bridgehead atoms. The number of hydrogen-bond donors (Lipinski definition) is 2. The van der Waals surface area contributed by atoms with Crippen molar-refractivity contribution in [3.63, 3.8) is 0 Å². The number of nitrogens with one attached hydrogen (secondary N) is 1. The van der Waals surface area contributed by atoms with Gasteiger partial charge >= 0.3 is 12.0 Å². The number of aliphatic carboxylic acids is 1. The van der Waals surface area contributed by atoms with Crippen molar-refractivity contribution in [1.82, 2.24) is 15.1 Å². The van der Waals surface area contributed by atoms with Gasteiger partial charge < -0.3 is 15.3 Å². The van der Waals surface area contributed by atoms with Crippen molar-refractivity contribution in [2.75, 3.05) is 32.7 Å². The smallest absolute Gasteiger partial charge is 0.317 e. The van der Waals surface area contributed by atoms with Crippen molar-refractivity contribution in [3.05, 3.63) is 35.6 Å². The Labute approximate surface area is 165 Å². The van der Waals surface area contributed by atoms with Gasteiger partial charge in [-0.25, -0.2) is 9.18 Å². The maximum absolute atomic E-state index is 13.1. The summed E-state index contributed by atoms with van der Waals surface area (Å²) in [6.45, 7) is 4.67. The molecule has 1 aliphatic heterocycles. The Kier molecular flexibility index (Phi) is 6.54. The molecule has 2 aliphatic rings. The van der Waals surface area contributed by atoms with Gasteiger partial charge in [0.05, 0.1) is 6.54 Å². The van der Waals surface area contributed by atoms with Crippen LogP contribution in [0.2, 0.25) is 0 Å². The van der Waals surface area contributed by atoms with Crippen LogP contribution in [0.5, 0.6) is 0 Å². The summed E-state index contributed by atoms with van der Waals surface area (Å²) in [5.74, 6) is -1.03. The molecule has 6 nitrogen and oxygen atoms in total. The fourth-order valence-electron chi connectivity index (χ4n) is 4.11. The molecule has 2 fully saturated rings. The highest BCUT2D eigenvalue weighted by Crippen LogP contribution is 2.47. The van der Waals surface area contributed by atoms with Crippen LogP contribution >= 0.6 is 0 Å². The lowest BCUT2D eigenvalue weighted by atomic mass is 9.96. The van der Waals surface area contributed by atoms with Gasteiger partial charge in [0.2, 0.25) is 0 Å². The molecule has 1 heterocycles. The first kappa shape index (κ1) is 20.6. The van der Waals surface area contributed by atoms with E-state index in [1.165, 1.54) is 12.1 Å². The maximum Gasteiger partial charge on any atom is 0.317 e. The van der Waals surface area contributed by atoms with Crippen molar-refractivity contribution >= 4 is 12.0 Å². The predicted octanol–water partition coefficient (Wildman–Crippen LogP) is 2.73. The number of carbonyl (C=O) groups excluding carboxylic acids is 1. The molecule has 1 aromatic rings. The zero-order valence-electron chi connectivity index (χ0n) is 16.5. The van der Waals surface area contributed by atoms with E-state index >= 15 is 0 Å². The van der Waals surface area contributed by atoms with Gasteiger partial charge in [-0.1, -0.05) is 19.1 Å². The fourth-order valence-corrected chi connectivity index (χ4v) is 4.11. The molecule has 1 saturated heterocycles. The van der Waals surface area contributed by atoms with E-state index in [1.54, 1.807) is 0 Å². The Hall–Kier alpha value is -2.15. The Bertz CT molecular complexity index is 683. The number of likely N-dealkylation sites (tertiary alicyclic amines) is 1. The van der Waals surface area contributed by atoms with Crippen LogP contribution in [0, 0.1) is 11.2 Å². The maximum atomic E-state index is 13.1. The number of nitrogens with zero attached hydrogens (tertiary/aromatic N) is 2. The quantitative estimate of drug-likeness (QED) is 0.715. The SMILES string of the molecule is CCN(CC(=O)O)C1CCN(C(=O)NCC2(Cc3ccc(F)cc3)CC2)CC1. The summed E-state index contributed by atoms with van der Waals surface area (Å²) >= 11 is 0. The van der Waals surface area contributed by atoms with Crippen molar-refractivity contribution in [2.45, 2.75) is 45.1 Å². The number of benzene rings is 1. The summed E-state index contributed by atoms with van der Waals surface area (Å²) in [6, 6.07) is 6.79. The topological polar surface area (TPSA) is 72.9 Å². The van der Waals surface area contributed by atoms with Gasteiger partial charge in [-0.2, -0.15) is 0 Å². The van der Waals surface area contributed by atoms with Gasteiger partial charge in [0.25, 0.3) is 0 Å². The van der Waals surface area contributed by atoms with E-state index < -0.39 is 5.97 Å². The highest BCUT2D eigenvalue weighted by molar-refractivity contribution is 5.74. The first-order chi connectivity index (χ1) is 13.4. The third-order valence-electron chi connectivity index (χ3n) is 6.08. The van der Waals surface area contributed by atoms with Crippen molar-refractivity contribution in [3.8, 4) is 0 Å². The minimum Gasteiger partial charge on any atom is -0.480 e. The average Bonchev–Trinajstić information content (AvgIpc) is 3.46. The largest absolute Gasteiger partial charge is 0.480 e. The van der Waals surface area contributed by atoms with Crippen LogP contribution in [0.1, 0.15) is 38.2 Å². The highest BCUT2D eigenvalue weighted by atomic mass is 19.1. The molecule has 1 aromatic carbocycles. The molecule has 28 heavy (non-hydrogen) atoms. The second kappa shape index (κ2) is 8.90. The van der Waals surface area contributed by atoms with Gasteiger partial charge in [0, 0.05) is 25.7 Å². The molecule has 7 heteroatoms.